The molecule has 0 atom stereocenters. The van der Waals surface area contributed by atoms with Crippen LogP contribution in [-0.4, -0.2) is 21.0 Å². The van der Waals surface area contributed by atoms with Gasteiger partial charge in [-0.3, -0.25) is 5.10 Å². The summed E-state index contributed by atoms with van der Waals surface area (Å²) in [5.41, 5.74) is 5.71. The van der Waals surface area contributed by atoms with Gasteiger partial charge >= 0.3 is 0 Å². The number of hydrogen-bond donors (Lipinski definition) is 1. The summed E-state index contributed by atoms with van der Waals surface area (Å²) in [5.74, 6) is 0. The van der Waals surface area contributed by atoms with Gasteiger partial charge in [0.2, 0.25) is 0 Å². The number of H-pyrrole nitrogens is 1. The van der Waals surface area contributed by atoms with Gasteiger partial charge < -0.3 is 4.57 Å². The highest BCUT2D eigenvalue weighted by molar-refractivity contribution is 7.98. The molecule has 1 N–H and O–H groups in total. The molecule has 5 heteroatoms. The van der Waals surface area contributed by atoms with Crippen LogP contribution in [0.25, 0.3) is 11.4 Å². The number of hydrogen-bond acceptors (Lipinski definition) is 3. The van der Waals surface area contributed by atoms with Crippen molar-refractivity contribution in [1.29, 1.82) is 0 Å². The fourth-order valence-corrected chi connectivity index (χ4v) is 2.96. The molecule has 0 bridgehead atoms. The van der Waals surface area contributed by atoms with Crippen molar-refractivity contribution < 1.29 is 0 Å². The maximum absolute atomic E-state index is 5.44. The van der Waals surface area contributed by atoms with Crippen LogP contribution in [0.4, 0.5) is 0 Å². The lowest BCUT2D eigenvalue weighted by Crippen LogP contribution is -2.03. The molecule has 0 saturated heterocycles. The van der Waals surface area contributed by atoms with Crippen LogP contribution in [0.15, 0.2) is 11.1 Å². The molecule has 0 fully saturated rings. The quantitative estimate of drug-likeness (QED) is 0.657. The van der Waals surface area contributed by atoms with Crippen molar-refractivity contribution in [3.8, 4) is 11.4 Å². The van der Waals surface area contributed by atoms with Crippen molar-refractivity contribution in [2.75, 3.05) is 6.26 Å². The second kappa shape index (κ2) is 5.92. The SMILES string of the molecule is C.CSc1n[nH]c(-c2c(C)cc(C)c(=S)n2C)c1C. The molecule has 0 aliphatic rings. The highest BCUT2D eigenvalue weighted by Gasteiger charge is 2.15. The van der Waals surface area contributed by atoms with Crippen LogP contribution in [0.3, 0.4) is 0 Å². The molecular formula is C14H21N3S2. The molecule has 104 valence electrons. The van der Waals surface area contributed by atoms with E-state index in [1.54, 1.807) is 11.8 Å². The van der Waals surface area contributed by atoms with E-state index in [9.17, 15) is 0 Å². The minimum Gasteiger partial charge on any atom is -0.334 e. The summed E-state index contributed by atoms with van der Waals surface area (Å²) in [5, 5.41) is 8.51. The van der Waals surface area contributed by atoms with E-state index in [-0.39, 0.29) is 7.43 Å². The first kappa shape index (κ1) is 16.0. The minimum absolute atomic E-state index is 0. The smallest absolute Gasteiger partial charge is 0.121 e. The van der Waals surface area contributed by atoms with Gasteiger partial charge in [0.05, 0.1) is 11.4 Å². The average molecular weight is 295 g/mol. The number of nitrogens with zero attached hydrogens (tertiary/aromatic N) is 2. The predicted octanol–water partition coefficient (Wildman–Crippen LogP) is 4.43. The van der Waals surface area contributed by atoms with Crippen LogP contribution in [0.5, 0.6) is 0 Å². The summed E-state index contributed by atoms with van der Waals surface area (Å²) in [6.07, 6.45) is 2.04. The monoisotopic (exact) mass is 295 g/mol. The maximum Gasteiger partial charge on any atom is 0.121 e. The lowest BCUT2D eigenvalue weighted by Gasteiger charge is -2.13. The molecule has 0 saturated carbocycles. The van der Waals surface area contributed by atoms with Crippen LogP contribution in [0.2, 0.25) is 0 Å². The summed E-state index contributed by atoms with van der Waals surface area (Å²) in [6, 6.07) is 2.14. The first-order valence-electron chi connectivity index (χ1n) is 5.74. The number of nitrogens with one attached hydrogen (secondary N) is 1. The first-order valence-corrected chi connectivity index (χ1v) is 7.37. The Hall–Kier alpha value is -1.07. The number of rotatable bonds is 2. The normalized spacial score (nSPS) is 10.4. The second-order valence-corrected chi connectivity index (χ2v) is 5.64. The van der Waals surface area contributed by atoms with Gasteiger partial charge in [0.25, 0.3) is 0 Å². The van der Waals surface area contributed by atoms with Crippen LogP contribution in [0.1, 0.15) is 24.1 Å². The van der Waals surface area contributed by atoms with E-state index >= 15 is 0 Å². The third kappa shape index (κ3) is 2.62. The molecule has 2 aromatic rings. The Balaban J connectivity index is 0.00000180. The van der Waals surface area contributed by atoms with Gasteiger partial charge in [-0.05, 0) is 38.2 Å². The van der Waals surface area contributed by atoms with E-state index in [1.807, 2.05) is 20.2 Å². The van der Waals surface area contributed by atoms with Gasteiger partial charge in [-0.1, -0.05) is 25.7 Å². The number of aryl methyl sites for hydroxylation is 2. The van der Waals surface area contributed by atoms with Crippen molar-refractivity contribution in [2.24, 2.45) is 7.05 Å². The molecule has 0 aliphatic carbocycles. The van der Waals surface area contributed by atoms with E-state index in [0.717, 1.165) is 26.6 Å². The van der Waals surface area contributed by atoms with E-state index in [0.29, 0.717) is 0 Å². The van der Waals surface area contributed by atoms with Crippen LogP contribution < -0.4 is 0 Å². The summed E-state index contributed by atoms with van der Waals surface area (Å²) in [4.78, 5) is 0. The van der Waals surface area contributed by atoms with Crippen molar-refractivity contribution in [1.82, 2.24) is 14.8 Å². The number of pyridine rings is 1. The van der Waals surface area contributed by atoms with Crippen molar-refractivity contribution in [3.63, 3.8) is 0 Å². The molecular weight excluding hydrogens is 274 g/mol. The molecule has 19 heavy (non-hydrogen) atoms. The summed E-state index contributed by atoms with van der Waals surface area (Å²) < 4.78 is 2.93. The average Bonchev–Trinajstić information content (AvgIpc) is 2.68. The van der Waals surface area contributed by atoms with Crippen LogP contribution in [0, 0.1) is 25.4 Å². The van der Waals surface area contributed by atoms with Gasteiger partial charge in [0.15, 0.2) is 0 Å². The molecule has 2 aromatic heterocycles. The van der Waals surface area contributed by atoms with Crippen molar-refractivity contribution >= 4 is 24.0 Å². The predicted molar refractivity (Wildman–Crippen MR) is 86.6 cm³/mol. The number of aromatic nitrogens is 3. The number of aromatic amines is 1. The second-order valence-electron chi connectivity index (χ2n) is 4.46. The van der Waals surface area contributed by atoms with Crippen LogP contribution >= 0.6 is 24.0 Å². The van der Waals surface area contributed by atoms with E-state index in [1.165, 1.54) is 11.1 Å². The summed E-state index contributed by atoms with van der Waals surface area (Å²) in [6.45, 7) is 6.25. The Morgan fingerprint density at radius 2 is 1.89 bits per heavy atom. The zero-order valence-electron chi connectivity index (χ0n) is 11.3. The highest BCUT2D eigenvalue weighted by Crippen LogP contribution is 2.30. The lowest BCUT2D eigenvalue weighted by atomic mass is 10.1. The standard InChI is InChI=1S/C13H17N3S2.CH4/c1-7-6-8(2)13(17)16(4)11(7)10-9(3)12(18-5)15-14-10;/h6H,1-5H3,(H,14,15);1H4. The van der Waals surface area contributed by atoms with Gasteiger partial charge in [-0.2, -0.15) is 5.10 Å². The van der Waals surface area contributed by atoms with E-state index in [4.69, 9.17) is 12.2 Å². The Morgan fingerprint density at radius 3 is 2.42 bits per heavy atom. The van der Waals surface area contributed by atoms with Gasteiger partial charge in [0, 0.05) is 12.6 Å². The van der Waals surface area contributed by atoms with Gasteiger partial charge in [-0.25, -0.2) is 0 Å². The summed E-state index contributed by atoms with van der Waals surface area (Å²) in [7, 11) is 2.01. The Labute approximate surface area is 124 Å². The highest BCUT2D eigenvalue weighted by atomic mass is 32.2. The van der Waals surface area contributed by atoms with Gasteiger partial charge in [-0.15, -0.1) is 11.8 Å². The first-order chi connectivity index (χ1) is 8.47. The fourth-order valence-electron chi connectivity index (χ4n) is 2.26. The third-order valence-electron chi connectivity index (χ3n) is 3.18. The molecule has 0 amide bonds. The lowest BCUT2D eigenvalue weighted by molar-refractivity contribution is 0.869. The van der Waals surface area contributed by atoms with Gasteiger partial charge in [0.1, 0.15) is 9.67 Å². The molecule has 3 nitrogen and oxygen atoms in total. The molecule has 0 unspecified atom stereocenters. The Kier molecular flexibility index (Phi) is 4.98. The fraction of sp³-hybridized carbons (Fsp3) is 0.429. The molecule has 0 aromatic carbocycles. The molecule has 2 heterocycles. The Morgan fingerprint density at radius 1 is 1.26 bits per heavy atom. The van der Waals surface area contributed by atoms with Crippen molar-refractivity contribution in [2.45, 2.75) is 33.2 Å². The van der Waals surface area contributed by atoms with E-state index in [2.05, 4.69) is 34.7 Å². The zero-order valence-corrected chi connectivity index (χ0v) is 12.9. The third-order valence-corrected chi connectivity index (χ3v) is 4.56. The minimum atomic E-state index is 0. The topological polar surface area (TPSA) is 33.6 Å². The largest absolute Gasteiger partial charge is 0.334 e. The molecule has 0 aliphatic heterocycles. The Bertz CT molecular complexity index is 653. The van der Waals surface area contributed by atoms with Crippen molar-refractivity contribution in [3.05, 3.63) is 27.4 Å². The maximum atomic E-state index is 5.44. The molecule has 0 spiro atoms. The number of thioether (sulfide) groups is 1. The molecule has 2 rings (SSSR count). The molecule has 0 radical (unpaired) electrons. The zero-order chi connectivity index (χ0) is 13.4. The van der Waals surface area contributed by atoms with E-state index < -0.39 is 0 Å². The van der Waals surface area contributed by atoms with Crippen LogP contribution in [-0.2, 0) is 7.05 Å². The summed E-state index contributed by atoms with van der Waals surface area (Å²) >= 11 is 7.10.